The molecular formula is C15H21NO. The molecule has 0 radical (unpaired) electrons. The topological polar surface area (TPSA) is 12.5 Å². The van der Waals surface area contributed by atoms with Crippen LogP contribution in [0, 0.1) is 0 Å². The van der Waals surface area contributed by atoms with Crippen LogP contribution in [0.4, 0.5) is 0 Å². The second-order valence-corrected chi connectivity index (χ2v) is 5.23. The van der Waals surface area contributed by atoms with Crippen molar-refractivity contribution in [3.63, 3.8) is 0 Å². The molecule has 2 nitrogen and oxygen atoms in total. The van der Waals surface area contributed by atoms with Crippen LogP contribution in [0.5, 0.6) is 0 Å². The first-order chi connectivity index (χ1) is 8.43. The van der Waals surface area contributed by atoms with E-state index in [1.807, 2.05) is 0 Å². The molecule has 1 atom stereocenters. The molecule has 0 aromatic heterocycles. The van der Waals surface area contributed by atoms with Crippen LogP contribution in [-0.2, 0) is 4.74 Å². The summed E-state index contributed by atoms with van der Waals surface area (Å²) in [5.41, 5.74) is 1.52. The van der Waals surface area contributed by atoms with Crippen molar-refractivity contribution in [2.24, 2.45) is 0 Å². The molecule has 1 unspecified atom stereocenters. The summed E-state index contributed by atoms with van der Waals surface area (Å²) in [7, 11) is 0. The Labute approximate surface area is 104 Å². The predicted molar refractivity (Wildman–Crippen MR) is 69.2 cm³/mol. The van der Waals surface area contributed by atoms with Gasteiger partial charge >= 0.3 is 0 Å². The highest BCUT2D eigenvalue weighted by Gasteiger charge is 2.29. The van der Waals surface area contributed by atoms with Gasteiger partial charge in [-0.05, 0) is 37.3 Å². The van der Waals surface area contributed by atoms with Gasteiger partial charge in [0.25, 0.3) is 0 Å². The molecular weight excluding hydrogens is 210 g/mol. The van der Waals surface area contributed by atoms with E-state index in [4.69, 9.17) is 4.74 Å². The number of hydrogen-bond acceptors (Lipinski definition) is 2. The molecule has 1 aromatic carbocycles. The fourth-order valence-corrected chi connectivity index (χ4v) is 3.17. The SMILES string of the molecule is c1ccc(C2CCN(C3CCOCC3)C2)cc1. The van der Waals surface area contributed by atoms with Crippen LogP contribution < -0.4 is 0 Å². The molecule has 2 fully saturated rings. The summed E-state index contributed by atoms with van der Waals surface area (Å²) in [6.07, 6.45) is 3.77. The first kappa shape index (κ1) is 11.2. The summed E-state index contributed by atoms with van der Waals surface area (Å²) in [6, 6.07) is 11.8. The fraction of sp³-hybridized carbons (Fsp3) is 0.600. The average Bonchev–Trinajstić information content (AvgIpc) is 2.90. The summed E-state index contributed by atoms with van der Waals surface area (Å²) in [5, 5.41) is 0. The van der Waals surface area contributed by atoms with Crippen LogP contribution >= 0.6 is 0 Å². The highest BCUT2D eigenvalue weighted by atomic mass is 16.5. The Kier molecular flexibility index (Phi) is 3.44. The lowest BCUT2D eigenvalue weighted by molar-refractivity contribution is 0.0419. The Morgan fingerprint density at radius 2 is 1.76 bits per heavy atom. The van der Waals surface area contributed by atoms with E-state index in [0.29, 0.717) is 0 Å². The van der Waals surface area contributed by atoms with Gasteiger partial charge in [0.15, 0.2) is 0 Å². The smallest absolute Gasteiger partial charge is 0.0480 e. The van der Waals surface area contributed by atoms with Gasteiger partial charge in [0, 0.05) is 25.8 Å². The van der Waals surface area contributed by atoms with Gasteiger partial charge in [-0.1, -0.05) is 30.3 Å². The molecule has 0 amide bonds. The highest BCUT2D eigenvalue weighted by Crippen LogP contribution is 2.30. The molecule has 2 aliphatic heterocycles. The van der Waals surface area contributed by atoms with E-state index in [1.54, 1.807) is 0 Å². The minimum atomic E-state index is 0.749. The van der Waals surface area contributed by atoms with Gasteiger partial charge in [-0.25, -0.2) is 0 Å². The van der Waals surface area contributed by atoms with Crippen molar-refractivity contribution in [2.75, 3.05) is 26.3 Å². The Morgan fingerprint density at radius 1 is 1.00 bits per heavy atom. The Morgan fingerprint density at radius 3 is 2.53 bits per heavy atom. The maximum absolute atomic E-state index is 5.44. The van der Waals surface area contributed by atoms with Gasteiger partial charge in [-0.15, -0.1) is 0 Å². The molecule has 2 heterocycles. The summed E-state index contributed by atoms with van der Waals surface area (Å²) in [5.74, 6) is 0.749. The van der Waals surface area contributed by atoms with Crippen molar-refractivity contribution in [1.29, 1.82) is 0 Å². The third-order valence-corrected chi connectivity index (χ3v) is 4.20. The molecule has 2 heteroatoms. The lowest BCUT2D eigenvalue weighted by Gasteiger charge is -2.31. The Bertz CT molecular complexity index is 345. The second kappa shape index (κ2) is 5.19. The van der Waals surface area contributed by atoms with Crippen LogP contribution in [0.15, 0.2) is 30.3 Å². The normalized spacial score (nSPS) is 27.4. The first-order valence-corrected chi connectivity index (χ1v) is 6.80. The second-order valence-electron chi connectivity index (χ2n) is 5.23. The van der Waals surface area contributed by atoms with Gasteiger partial charge in [-0.2, -0.15) is 0 Å². The molecule has 17 heavy (non-hydrogen) atoms. The largest absolute Gasteiger partial charge is 0.381 e. The van der Waals surface area contributed by atoms with E-state index in [0.717, 1.165) is 25.2 Å². The van der Waals surface area contributed by atoms with Crippen molar-refractivity contribution >= 4 is 0 Å². The van der Waals surface area contributed by atoms with Crippen molar-refractivity contribution in [1.82, 2.24) is 4.90 Å². The maximum Gasteiger partial charge on any atom is 0.0480 e. The van der Waals surface area contributed by atoms with Gasteiger partial charge in [-0.3, -0.25) is 4.90 Å². The minimum absolute atomic E-state index is 0.749. The standard InChI is InChI=1S/C15H21NO/c1-2-4-13(5-3-1)14-6-9-16(12-14)15-7-10-17-11-8-15/h1-5,14-15H,6-12H2. The number of rotatable bonds is 2. The summed E-state index contributed by atoms with van der Waals surface area (Å²) < 4.78 is 5.44. The average molecular weight is 231 g/mol. The van der Waals surface area contributed by atoms with E-state index < -0.39 is 0 Å². The van der Waals surface area contributed by atoms with Crippen molar-refractivity contribution < 1.29 is 4.74 Å². The maximum atomic E-state index is 5.44. The highest BCUT2D eigenvalue weighted by molar-refractivity contribution is 5.21. The summed E-state index contributed by atoms with van der Waals surface area (Å²) in [4.78, 5) is 2.68. The molecule has 0 bridgehead atoms. The fourth-order valence-electron chi connectivity index (χ4n) is 3.17. The molecule has 92 valence electrons. The third kappa shape index (κ3) is 2.53. The van der Waals surface area contributed by atoms with E-state index >= 15 is 0 Å². The molecule has 2 aliphatic rings. The summed E-state index contributed by atoms with van der Waals surface area (Å²) in [6.45, 7) is 4.42. The molecule has 0 saturated carbocycles. The molecule has 2 saturated heterocycles. The number of nitrogens with zero attached hydrogens (tertiary/aromatic N) is 1. The Balaban J connectivity index is 1.61. The zero-order chi connectivity index (χ0) is 11.5. The number of hydrogen-bond donors (Lipinski definition) is 0. The van der Waals surface area contributed by atoms with Crippen molar-refractivity contribution in [3.05, 3.63) is 35.9 Å². The third-order valence-electron chi connectivity index (χ3n) is 4.20. The molecule has 0 N–H and O–H groups in total. The van der Waals surface area contributed by atoms with Gasteiger partial charge in [0.1, 0.15) is 0 Å². The predicted octanol–water partition coefficient (Wildman–Crippen LogP) is 2.65. The minimum Gasteiger partial charge on any atom is -0.381 e. The van der Waals surface area contributed by atoms with Crippen LogP contribution in [0.2, 0.25) is 0 Å². The van der Waals surface area contributed by atoms with E-state index in [9.17, 15) is 0 Å². The van der Waals surface area contributed by atoms with E-state index in [1.165, 1.54) is 37.9 Å². The quantitative estimate of drug-likeness (QED) is 0.776. The Hall–Kier alpha value is -0.860. The van der Waals surface area contributed by atoms with Gasteiger partial charge in [0.05, 0.1) is 0 Å². The lowest BCUT2D eigenvalue weighted by Crippen LogP contribution is -2.37. The van der Waals surface area contributed by atoms with Crippen LogP contribution in [0.25, 0.3) is 0 Å². The van der Waals surface area contributed by atoms with Gasteiger partial charge in [0.2, 0.25) is 0 Å². The van der Waals surface area contributed by atoms with Crippen LogP contribution in [-0.4, -0.2) is 37.2 Å². The lowest BCUT2D eigenvalue weighted by atomic mass is 9.98. The van der Waals surface area contributed by atoms with E-state index in [2.05, 4.69) is 35.2 Å². The number of ether oxygens (including phenoxy) is 1. The van der Waals surface area contributed by atoms with Crippen LogP contribution in [0.1, 0.15) is 30.7 Å². The number of likely N-dealkylation sites (tertiary alicyclic amines) is 1. The van der Waals surface area contributed by atoms with Crippen molar-refractivity contribution in [3.8, 4) is 0 Å². The zero-order valence-corrected chi connectivity index (χ0v) is 10.3. The van der Waals surface area contributed by atoms with E-state index in [-0.39, 0.29) is 0 Å². The molecule has 1 aromatic rings. The first-order valence-electron chi connectivity index (χ1n) is 6.80. The number of benzene rings is 1. The molecule has 3 rings (SSSR count). The van der Waals surface area contributed by atoms with Crippen molar-refractivity contribution in [2.45, 2.75) is 31.2 Å². The zero-order valence-electron chi connectivity index (χ0n) is 10.3. The van der Waals surface area contributed by atoms with Crippen LogP contribution in [0.3, 0.4) is 0 Å². The molecule has 0 spiro atoms. The summed E-state index contributed by atoms with van der Waals surface area (Å²) >= 11 is 0. The van der Waals surface area contributed by atoms with Gasteiger partial charge < -0.3 is 4.74 Å². The monoisotopic (exact) mass is 231 g/mol. The molecule has 0 aliphatic carbocycles.